The van der Waals surface area contributed by atoms with E-state index in [9.17, 15) is 18.0 Å². The fourth-order valence-electron chi connectivity index (χ4n) is 2.75. The maximum atomic E-state index is 14.4. The van der Waals surface area contributed by atoms with E-state index < -0.39 is 28.7 Å². The van der Waals surface area contributed by atoms with Crippen LogP contribution < -0.4 is 10.1 Å². The van der Waals surface area contributed by atoms with Gasteiger partial charge in [0.2, 0.25) is 0 Å². The van der Waals surface area contributed by atoms with Crippen molar-refractivity contribution in [1.82, 2.24) is 10.2 Å². The molecule has 1 aromatic rings. The summed E-state index contributed by atoms with van der Waals surface area (Å²) in [6.07, 6.45) is 2.52. The number of likely N-dealkylation sites (tertiary alicyclic amines) is 1. The number of hydrogen-bond acceptors (Lipinski definition) is 3. The number of nitrogens with zero attached hydrogens (tertiary/aromatic N) is 1. The summed E-state index contributed by atoms with van der Waals surface area (Å²) in [7, 11) is 1.19. The Kier molecular flexibility index (Phi) is 4.00. The van der Waals surface area contributed by atoms with Crippen LogP contribution in [0, 0.1) is 5.82 Å². The third kappa shape index (κ3) is 3.15. The summed E-state index contributed by atoms with van der Waals surface area (Å²) in [4.78, 5) is 14.2. The molecule has 126 valence electrons. The molecule has 2 aliphatic rings. The van der Waals surface area contributed by atoms with Gasteiger partial charge in [0.25, 0.3) is 5.91 Å². The van der Waals surface area contributed by atoms with Crippen LogP contribution in [-0.4, -0.2) is 43.1 Å². The third-order valence-corrected chi connectivity index (χ3v) is 4.51. The van der Waals surface area contributed by atoms with Crippen molar-refractivity contribution in [3.05, 3.63) is 29.6 Å². The Bertz CT molecular complexity index is 613. The van der Waals surface area contributed by atoms with Gasteiger partial charge in [-0.05, 0) is 50.6 Å². The predicted molar refractivity (Wildman–Crippen MR) is 78.0 cm³/mol. The first-order valence-electron chi connectivity index (χ1n) is 7.63. The Morgan fingerprint density at radius 1 is 1.39 bits per heavy atom. The van der Waals surface area contributed by atoms with Crippen LogP contribution in [0.25, 0.3) is 0 Å². The lowest BCUT2D eigenvalue weighted by molar-refractivity contribution is -0.148. The zero-order valence-electron chi connectivity index (χ0n) is 12.9. The molecule has 1 heterocycles. The number of carbonyl (C=O) groups excluding carboxylic acids is 1. The van der Waals surface area contributed by atoms with E-state index >= 15 is 0 Å². The van der Waals surface area contributed by atoms with Gasteiger partial charge in [-0.15, -0.1) is 0 Å². The third-order valence-electron chi connectivity index (χ3n) is 4.51. The molecule has 0 aromatic heterocycles. The fraction of sp³-hybridized carbons (Fsp3) is 0.562. The standard InChI is InChI=1S/C16H19F3N2O2/c1-23-13-9-11(3-4-12(13)17)16(18,19)14(22)20-15(5-6-15)10-21-7-2-8-21/h3-4,9H,2,5-8,10H2,1H3,(H,20,22). The summed E-state index contributed by atoms with van der Waals surface area (Å²) in [6, 6.07) is 2.65. The zero-order chi connectivity index (χ0) is 16.7. The second-order valence-corrected chi connectivity index (χ2v) is 6.29. The zero-order valence-corrected chi connectivity index (χ0v) is 12.9. The van der Waals surface area contributed by atoms with Crippen molar-refractivity contribution in [2.45, 2.75) is 30.7 Å². The Hall–Kier alpha value is -1.76. The number of amides is 1. The molecule has 1 amide bonds. The molecule has 2 fully saturated rings. The SMILES string of the molecule is COc1cc(C(F)(F)C(=O)NC2(CN3CCC3)CC2)ccc1F. The molecule has 1 aromatic carbocycles. The lowest BCUT2D eigenvalue weighted by atomic mass is 10.1. The van der Waals surface area contributed by atoms with Gasteiger partial charge in [-0.1, -0.05) is 0 Å². The van der Waals surface area contributed by atoms with E-state index in [0.29, 0.717) is 19.4 Å². The predicted octanol–water partition coefficient (Wildman–Crippen LogP) is 2.28. The highest BCUT2D eigenvalue weighted by atomic mass is 19.3. The maximum absolute atomic E-state index is 14.4. The van der Waals surface area contributed by atoms with Crippen LogP contribution in [0.1, 0.15) is 24.8 Å². The molecule has 3 rings (SSSR count). The van der Waals surface area contributed by atoms with Gasteiger partial charge in [0.1, 0.15) is 0 Å². The summed E-state index contributed by atoms with van der Waals surface area (Å²) in [5, 5.41) is 2.49. The van der Waals surface area contributed by atoms with Crippen LogP contribution >= 0.6 is 0 Å². The van der Waals surface area contributed by atoms with E-state index in [1.165, 1.54) is 7.11 Å². The normalized spacial score (nSPS) is 19.8. The smallest absolute Gasteiger partial charge is 0.349 e. The van der Waals surface area contributed by atoms with Gasteiger partial charge in [0.05, 0.1) is 12.6 Å². The van der Waals surface area contributed by atoms with Gasteiger partial charge in [-0.2, -0.15) is 8.78 Å². The first-order chi connectivity index (χ1) is 10.9. The molecule has 4 nitrogen and oxygen atoms in total. The monoisotopic (exact) mass is 328 g/mol. The molecular formula is C16H19F3N2O2. The molecule has 0 atom stereocenters. The Morgan fingerprint density at radius 2 is 2.09 bits per heavy atom. The minimum atomic E-state index is -3.73. The Balaban J connectivity index is 1.72. The number of alkyl halides is 2. The van der Waals surface area contributed by atoms with Crippen molar-refractivity contribution in [2.24, 2.45) is 0 Å². The van der Waals surface area contributed by atoms with E-state index in [1.807, 2.05) is 0 Å². The molecular weight excluding hydrogens is 309 g/mol. The minimum Gasteiger partial charge on any atom is -0.494 e. The number of carbonyl (C=O) groups is 1. The van der Waals surface area contributed by atoms with E-state index in [-0.39, 0.29) is 5.75 Å². The van der Waals surface area contributed by atoms with Gasteiger partial charge in [0, 0.05) is 12.1 Å². The molecule has 1 saturated carbocycles. The average molecular weight is 328 g/mol. The number of halogens is 3. The second kappa shape index (κ2) is 5.70. The molecule has 7 heteroatoms. The highest BCUT2D eigenvalue weighted by molar-refractivity contribution is 5.86. The van der Waals surface area contributed by atoms with E-state index in [4.69, 9.17) is 4.74 Å². The van der Waals surface area contributed by atoms with Crippen molar-refractivity contribution in [1.29, 1.82) is 0 Å². The van der Waals surface area contributed by atoms with Crippen LogP contribution in [0.5, 0.6) is 5.75 Å². The van der Waals surface area contributed by atoms with Crippen LogP contribution in [0.4, 0.5) is 13.2 Å². The van der Waals surface area contributed by atoms with Crippen LogP contribution in [0.2, 0.25) is 0 Å². The summed E-state index contributed by atoms with van der Waals surface area (Å²) < 4.78 is 46.8. The maximum Gasteiger partial charge on any atom is 0.349 e. The van der Waals surface area contributed by atoms with Crippen molar-refractivity contribution in [2.75, 3.05) is 26.7 Å². The van der Waals surface area contributed by atoms with E-state index in [0.717, 1.165) is 37.7 Å². The molecule has 0 radical (unpaired) electrons. The Morgan fingerprint density at radius 3 is 2.61 bits per heavy atom. The molecule has 0 unspecified atom stereocenters. The summed E-state index contributed by atoms with van der Waals surface area (Å²) in [5.74, 6) is -6.13. The van der Waals surface area contributed by atoms with Crippen molar-refractivity contribution in [3.63, 3.8) is 0 Å². The Labute approximate surface area is 132 Å². The van der Waals surface area contributed by atoms with Gasteiger partial charge in [-0.25, -0.2) is 4.39 Å². The number of methoxy groups -OCH3 is 1. The molecule has 23 heavy (non-hydrogen) atoms. The number of nitrogens with one attached hydrogen (secondary N) is 1. The molecule has 1 aliphatic heterocycles. The number of ether oxygens (including phenoxy) is 1. The van der Waals surface area contributed by atoms with Crippen LogP contribution in [0.15, 0.2) is 18.2 Å². The lowest BCUT2D eigenvalue weighted by Gasteiger charge is -2.35. The largest absolute Gasteiger partial charge is 0.494 e. The molecule has 1 N–H and O–H groups in total. The summed E-state index contributed by atoms with van der Waals surface area (Å²) >= 11 is 0. The van der Waals surface area contributed by atoms with Gasteiger partial charge < -0.3 is 15.0 Å². The summed E-state index contributed by atoms with van der Waals surface area (Å²) in [6.45, 7) is 2.51. The topological polar surface area (TPSA) is 41.6 Å². The first kappa shape index (κ1) is 16.1. The summed E-state index contributed by atoms with van der Waals surface area (Å²) in [5.41, 5.74) is -1.11. The van der Waals surface area contributed by atoms with Crippen LogP contribution in [0.3, 0.4) is 0 Å². The van der Waals surface area contributed by atoms with Gasteiger partial charge >= 0.3 is 5.92 Å². The minimum absolute atomic E-state index is 0.309. The quantitative estimate of drug-likeness (QED) is 0.871. The van der Waals surface area contributed by atoms with Crippen molar-refractivity contribution < 1.29 is 22.7 Å². The number of benzene rings is 1. The molecule has 0 spiro atoms. The second-order valence-electron chi connectivity index (χ2n) is 6.29. The highest BCUT2D eigenvalue weighted by Crippen LogP contribution is 2.39. The first-order valence-corrected chi connectivity index (χ1v) is 7.63. The highest BCUT2D eigenvalue weighted by Gasteiger charge is 2.51. The number of hydrogen-bond donors (Lipinski definition) is 1. The van der Waals surface area contributed by atoms with Gasteiger partial charge in [0.15, 0.2) is 11.6 Å². The fourth-order valence-corrected chi connectivity index (χ4v) is 2.75. The van der Waals surface area contributed by atoms with Crippen molar-refractivity contribution >= 4 is 5.91 Å². The van der Waals surface area contributed by atoms with Gasteiger partial charge in [-0.3, -0.25) is 4.79 Å². The lowest BCUT2D eigenvalue weighted by Crippen LogP contribution is -2.53. The van der Waals surface area contributed by atoms with E-state index in [2.05, 4.69) is 10.2 Å². The van der Waals surface area contributed by atoms with Crippen LogP contribution in [-0.2, 0) is 10.7 Å². The molecule has 1 saturated heterocycles. The van der Waals surface area contributed by atoms with Crippen molar-refractivity contribution in [3.8, 4) is 5.75 Å². The molecule has 0 bridgehead atoms. The van der Waals surface area contributed by atoms with E-state index in [1.54, 1.807) is 0 Å². The molecule has 1 aliphatic carbocycles. The number of rotatable bonds is 6. The average Bonchev–Trinajstić information content (AvgIpc) is 3.23.